The standard InChI is InChI=1S/C14H12Br4N6O2/c15-9-10(16)12(18)14-13(11(9)17)20-24(21-14)5-1-4-23-6-7(19-22-23)2-3-8(25)26/h6H,1-5H2,(H,25,26). The van der Waals surface area contributed by atoms with E-state index in [4.69, 9.17) is 5.11 Å². The van der Waals surface area contributed by atoms with Crippen LogP contribution in [0.15, 0.2) is 24.1 Å². The van der Waals surface area contributed by atoms with Crippen molar-refractivity contribution in [3.8, 4) is 0 Å². The molecule has 0 unspecified atom stereocenters. The highest BCUT2D eigenvalue weighted by Gasteiger charge is 2.18. The van der Waals surface area contributed by atoms with E-state index in [2.05, 4.69) is 84.2 Å². The van der Waals surface area contributed by atoms with Crippen molar-refractivity contribution in [3.05, 3.63) is 29.8 Å². The van der Waals surface area contributed by atoms with E-state index in [0.717, 1.165) is 35.3 Å². The number of carboxylic acids is 1. The Kier molecular flexibility index (Phi) is 6.46. The van der Waals surface area contributed by atoms with Gasteiger partial charge in [-0.1, -0.05) is 5.21 Å². The average Bonchev–Trinajstić information content (AvgIpc) is 3.23. The smallest absolute Gasteiger partial charge is 0.303 e. The second-order valence-corrected chi connectivity index (χ2v) is 8.64. The van der Waals surface area contributed by atoms with Crippen LogP contribution in [0.25, 0.3) is 11.0 Å². The van der Waals surface area contributed by atoms with Gasteiger partial charge in [-0.05, 0) is 70.1 Å². The summed E-state index contributed by atoms with van der Waals surface area (Å²) in [4.78, 5) is 12.2. The number of halogens is 4. The Bertz CT molecular complexity index is 925. The molecule has 8 nitrogen and oxygen atoms in total. The third kappa shape index (κ3) is 4.34. The molecule has 3 rings (SSSR count). The molecule has 1 N–H and O–H groups in total. The van der Waals surface area contributed by atoms with Crippen LogP contribution in [0.5, 0.6) is 0 Å². The largest absolute Gasteiger partial charge is 0.481 e. The van der Waals surface area contributed by atoms with Crippen LogP contribution >= 0.6 is 63.7 Å². The van der Waals surface area contributed by atoms with Crippen molar-refractivity contribution in [1.82, 2.24) is 30.0 Å². The summed E-state index contributed by atoms with van der Waals surface area (Å²) in [6.07, 6.45) is 2.97. The molecule has 1 aromatic carbocycles. The number of hydrogen-bond acceptors (Lipinski definition) is 5. The molecule has 0 saturated heterocycles. The van der Waals surface area contributed by atoms with Crippen LogP contribution < -0.4 is 0 Å². The molecule has 12 heteroatoms. The van der Waals surface area contributed by atoms with Crippen molar-refractivity contribution in [1.29, 1.82) is 0 Å². The average molecular weight is 616 g/mol. The van der Waals surface area contributed by atoms with Crippen molar-refractivity contribution in [3.63, 3.8) is 0 Å². The summed E-state index contributed by atoms with van der Waals surface area (Å²) in [5, 5.41) is 25.7. The molecule has 0 amide bonds. The van der Waals surface area contributed by atoms with E-state index in [1.165, 1.54) is 0 Å². The molecule has 2 heterocycles. The molecule has 0 aliphatic carbocycles. The van der Waals surface area contributed by atoms with E-state index < -0.39 is 5.97 Å². The molecule has 0 aliphatic rings. The number of benzene rings is 1. The lowest BCUT2D eigenvalue weighted by Gasteiger charge is -2.02. The van der Waals surface area contributed by atoms with Gasteiger partial charge in [-0.3, -0.25) is 9.48 Å². The first-order valence-electron chi connectivity index (χ1n) is 7.54. The monoisotopic (exact) mass is 612 g/mol. The Labute approximate surface area is 181 Å². The van der Waals surface area contributed by atoms with E-state index >= 15 is 0 Å². The van der Waals surface area contributed by atoms with Crippen LogP contribution in [-0.2, 0) is 24.3 Å². The minimum atomic E-state index is -0.841. The minimum absolute atomic E-state index is 0.0529. The van der Waals surface area contributed by atoms with Gasteiger partial charge in [0.25, 0.3) is 0 Å². The van der Waals surface area contributed by atoms with Gasteiger partial charge in [-0.25, -0.2) is 0 Å². The third-order valence-corrected chi connectivity index (χ3v) is 8.30. The summed E-state index contributed by atoms with van der Waals surface area (Å²) < 4.78 is 5.14. The van der Waals surface area contributed by atoms with Gasteiger partial charge >= 0.3 is 5.97 Å². The van der Waals surface area contributed by atoms with Crippen LogP contribution in [0.3, 0.4) is 0 Å². The predicted molar refractivity (Wildman–Crippen MR) is 109 cm³/mol. The Balaban J connectivity index is 1.64. The second kappa shape index (κ2) is 8.44. The molecule has 0 saturated carbocycles. The first-order chi connectivity index (χ1) is 12.4. The van der Waals surface area contributed by atoms with E-state index in [-0.39, 0.29) is 6.42 Å². The lowest BCUT2D eigenvalue weighted by Crippen LogP contribution is -2.07. The number of fused-ring (bicyclic) bond motifs is 1. The van der Waals surface area contributed by atoms with Crippen LogP contribution in [0, 0.1) is 0 Å². The normalized spacial score (nSPS) is 11.4. The molecule has 3 aromatic rings. The molecule has 0 fully saturated rings. The molecule has 0 atom stereocenters. The number of carboxylic acid groups (broad SMARTS) is 1. The first kappa shape index (κ1) is 19.9. The third-order valence-electron chi connectivity index (χ3n) is 3.58. The van der Waals surface area contributed by atoms with Gasteiger partial charge < -0.3 is 5.11 Å². The minimum Gasteiger partial charge on any atom is -0.481 e. The Hall–Kier alpha value is -0.850. The Morgan fingerprint density at radius 2 is 1.62 bits per heavy atom. The number of carbonyl (C=O) groups is 1. The summed E-state index contributed by atoms with van der Waals surface area (Å²) in [5.41, 5.74) is 2.21. The topological polar surface area (TPSA) is 98.7 Å². The number of nitrogens with zero attached hydrogens (tertiary/aromatic N) is 6. The molecule has 26 heavy (non-hydrogen) atoms. The summed E-state index contributed by atoms with van der Waals surface area (Å²) in [7, 11) is 0. The van der Waals surface area contributed by atoms with Gasteiger partial charge in [0.2, 0.25) is 0 Å². The summed E-state index contributed by atoms with van der Waals surface area (Å²) >= 11 is 14.1. The van der Waals surface area contributed by atoms with Crippen molar-refractivity contribution < 1.29 is 9.90 Å². The highest BCUT2D eigenvalue weighted by molar-refractivity contribution is 9.15. The van der Waals surface area contributed by atoms with Gasteiger partial charge in [0.1, 0.15) is 11.0 Å². The number of aromatic nitrogens is 6. The van der Waals surface area contributed by atoms with Crippen molar-refractivity contribution in [2.24, 2.45) is 0 Å². The van der Waals surface area contributed by atoms with Crippen LogP contribution in [0.2, 0.25) is 0 Å². The molecular weight excluding hydrogens is 604 g/mol. The second-order valence-electron chi connectivity index (χ2n) is 5.47. The maximum absolute atomic E-state index is 10.6. The summed E-state index contributed by atoms with van der Waals surface area (Å²) in [6, 6.07) is 0. The number of aryl methyl sites for hydroxylation is 3. The van der Waals surface area contributed by atoms with Gasteiger partial charge in [-0.2, -0.15) is 15.0 Å². The fourth-order valence-corrected chi connectivity index (χ4v) is 4.55. The highest BCUT2D eigenvalue weighted by Crippen LogP contribution is 2.42. The summed E-state index contributed by atoms with van der Waals surface area (Å²) in [5.74, 6) is -0.841. The quantitative estimate of drug-likeness (QED) is 0.316. The molecule has 2 aromatic heterocycles. The van der Waals surface area contributed by atoms with Gasteiger partial charge in [0.05, 0.1) is 27.6 Å². The Morgan fingerprint density at radius 3 is 2.19 bits per heavy atom. The fourth-order valence-electron chi connectivity index (χ4n) is 2.32. The predicted octanol–water partition coefficient (Wildman–Crippen LogP) is 4.18. The fraction of sp³-hybridized carbons (Fsp3) is 0.357. The Morgan fingerprint density at radius 1 is 1.00 bits per heavy atom. The van der Waals surface area contributed by atoms with E-state index in [9.17, 15) is 4.79 Å². The molecule has 0 aliphatic heterocycles. The first-order valence-corrected chi connectivity index (χ1v) is 10.7. The molecule has 0 radical (unpaired) electrons. The highest BCUT2D eigenvalue weighted by atomic mass is 79.9. The zero-order valence-corrected chi connectivity index (χ0v) is 19.5. The molecule has 0 bridgehead atoms. The lowest BCUT2D eigenvalue weighted by molar-refractivity contribution is -0.136. The lowest BCUT2D eigenvalue weighted by atomic mass is 10.2. The van der Waals surface area contributed by atoms with Crippen molar-refractivity contribution in [2.75, 3.05) is 0 Å². The van der Waals surface area contributed by atoms with Crippen molar-refractivity contribution in [2.45, 2.75) is 32.4 Å². The zero-order valence-electron chi connectivity index (χ0n) is 13.2. The number of hydrogen-bond donors (Lipinski definition) is 1. The van der Waals surface area contributed by atoms with Gasteiger partial charge in [-0.15, -0.1) is 5.10 Å². The number of rotatable bonds is 7. The van der Waals surface area contributed by atoms with Crippen LogP contribution in [0.1, 0.15) is 18.5 Å². The van der Waals surface area contributed by atoms with Crippen LogP contribution in [0.4, 0.5) is 0 Å². The van der Waals surface area contributed by atoms with E-state index in [1.54, 1.807) is 15.7 Å². The molecule has 0 spiro atoms. The van der Waals surface area contributed by atoms with E-state index in [0.29, 0.717) is 25.2 Å². The van der Waals surface area contributed by atoms with Gasteiger partial charge in [0.15, 0.2) is 0 Å². The summed E-state index contributed by atoms with van der Waals surface area (Å²) in [6.45, 7) is 1.26. The zero-order chi connectivity index (χ0) is 18.8. The maximum atomic E-state index is 10.6. The SMILES string of the molecule is O=C(O)CCc1cn(CCCn2nc3c(Br)c(Br)c(Br)c(Br)c3n2)nn1. The maximum Gasteiger partial charge on any atom is 0.303 e. The van der Waals surface area contributed by atoms with Crippen molar-refractivity contribution >= 4 is 80.7 Å². The molecular formula is C14H12Br4N6O2. The number of aliphatic carboxylic acids is 1. The van der Waals surface area contributed by atoms with Gasteiger partial charge in [0, 0.05) is 28.1 Å². The molecule has 138 valence electrons. The van der Waals surface area contributed by atoms with E-state index in [1.807, 2.05) is 0 Å². The van der Waals surface area contributed by atoms with Crippen LogP contribution in [-0.4, -0.2) is 41.1 Å².